The number of amides is 1. The molecule has 0 radical (unpaired) electrons. The summed E-state index contributed by atoms with van der Waals surface area (Å²) in [6.07, 6.45) is 0.698. The van der Waals surface area contributed by atoms with E-state index in [1.807, 2.05) is 24.3 Å². The van der Waals surface area contributed by atoms with Crippen molar-refractivity contribution >= 4 is 5.91 Å². The van der Waals surface area contributed by atoms with E-state index in [1.165, 1.54) is 0 Å². The molecule has 4 nitrogen and oxygen atoms in total. The van der Waals surface area contributed by atoms with Gasteiger partial charge in [0.25, 0.3) is 0 Å². The van der Waals surface area contributed by atoms with Crippen molar-refractivity contribution in [3.63, 3.8) is 0 Å². The van der Waals surface area contributed by atoms with Crippen LogP contribution in [0.15, 0.2) is 24.3 Å². The molecule has 0 aliphatic heterocycles. The Hall–Kier alpha value is -1.55. The number of nitrogens with two attached hydrogens (primary N) is 1. The second kappa shape index (κ2) is 7.01. The van der Waals surface area contributed by atoms with Gasteiger partial charge in [0.2, 0.25) is 5.91 Å². The van der Waals surface area contributed by atoms with Crippen LogP contribution in [-0.4, -0.2) is 19.1 Å². The Balaban J connectivity index is 2.46. The molecule has 1 amide bonds. The van der Waals surface area contributed by atoms with E-state index in [4.69, 9.17) is 10.5 Å². The van der Waals surface area contributed by atoms with Crippen molar-refractivity contribution in [2.24, 2.45) is 11.7 Å². The Morgan fingerprint density at radius 2 is 2.17 bits per heavy atom. The lowest BCUT2D eigenvalue weighted by molar-refractivity contribution is -0.122. The molecule has 1 aromatic rings. The highest BCUT2D eigenvalue weighted by Crippen LogP contribution is 2.12. The molecule has 0 spiro atoms. The van der Waals surface area contributed by atoms with Crippen molar-refractivity contribution in [2.45, 2.75) is 32.9 Å². The molecule has 1 aromatic carbocycles. The van der Waals surface area contributed by atoms with Gasteiger partial charge >= 0.3 is 0 Å². The van der Waals surface area contributed by atoms with Crippen LogP contribution in [0.5, 0.6) is 5.75 Å². The maximum absolute atomic E-state index is 11.7. The van der Waals surface area contributed by atoms with Crippen LogP contribution < -0.4 is 15.8 Å². The van der Waals surface area contributed by atoms with Crippen molar-refractivity contribution in [1.29, 1.82) is 0 Å². The van der Waals surface area contributed by atoms with E-state index in [0.29, 0.717) is 18.9 Å². The third-order valence-electron chi connectivity index (χ3n) is 2.66. The van der Waals surface area contributed by atoms with Gasteiger partial charge in [-0.1, -0.05) is 26.0 Å². The summed E-state index contributed by atoms with van der Waals surface area (Å²) < 4.78 is 5.12. The van der Waals surface area contributed by atoms with Gasteiger partial charge in [0.05, 0.1) is 13.2 Å². The summed E-state index contributed by atoms with van der Waals surface area (Å²) in [5.74, 6) is 1.10. The Morgan fingerprint density at radius 1 is 1.44 bits per heavy atom. The van der Waals surface area contributed by atoms with Crippen LogP contribution in [0.2, 0.25) is 0 Å². The summed E-state index contributed by atoms with van der Waals surface area (Å²) in [5, 5.41) is 2.84. The number of methoxy groups -OCH3 is 1. The fraction of sp³-hybridized carbons (Fsp3) is 0.500. The first kappa shape index (κ1) is 14.5. The first-order valence-electron chi connectivity index (χ1n) is 6.19. The van der Waals surface area contributed by atoms with Crippen LogP contribution >= 0.6 is 0 Å². The predicted octanol–water partition coefficient (Wildman–Crippen LogP) is 1.68. The zero-order valence-corrected chi connectivity index (χ0v) is 11.3. The number of benzene rings is 1. The number of rotatable bonds is 6. The quantitative estimate of drug-likeness (QED) is 0.807. The molecule has 0 saturated carbocycles. The van der Waals surface area contributed by atoms with E-state index in [2.05, 4.69) is 19.2 Å². The second-order valence-electron chi connectivity index (χ2n) is 4.81. The first-order valence-corrected chi connectivity index (χ1v) is 6.19. The Bertz CT molecular complexity index is 391. The molecule has 0 aromatic heterocycles. The minimum Gasteiger partial charge on any atom is -0.497 e. The lowest BCUT2D eigenvalue weighted by Crippen LogP contribution is -2.41. The first-order chi connectivity index (χ1) is 8.52. The van der Waals surface area contributed by atoms with E-state index in [1.54, 1.807) is 7.11 Å². The SMILES string of the molecule is COc1cccc(CNC(=O)[C@@H](N)CC(C)C)c1. The van der Waals surface area contributed by atoms with Crippen LogP contribution in [0, 0.1) is 5.92 Å². The van der Waals surface area contributed by atoms with Crippen LogP contribution in [0.25, 0.3) is 0 Å². The highest BCUT2D eigenvalue weighted by Gasteiger charge is 2.14. The largest absolute Gasteiger partial charge is 0.497 e. The molecule has 3 N–H and O–H groups in total. The van der Waals surface area contributed by atoms with Gasteiger partial charge in [0.15, 0.2) is 0 Å². The van der Waals surface area contributed by atoms with E-state index < -0.39 is 6.04 Å². The molecule has 0 fully saturated rings. The van der Waals surface area contributed by atoms with Gasteiger partial charge in [0.1, 0.15) is 5.75 Å². The molecule has 4 heteroatoms. The zero-order chi connectivity index (χ0) is 13.5. The summed E-state index contributed by atoms with van der Waals surface area (Å²) in [7, 11) is 1.62. The Labute approximate surface area is 109 Å². The fourth-order valence-corrected chi connectivity index (χ4v) is 1.72. The number of ether oxygens (including phenoxy) is 1. The predicted molar refractivity (Wildman–Crippen MR) is 72.3 cm³/mol. The number of carbonyl (C=O) groups excluding carboxylic acids is 1. The molecule has 0 saturated heterocycles. The molecule has 0 unspecified atom stereocenters. The minimum atomic E-state index is -0.435. The normalized spacial score (nSPS) is 12.3. The number of hydrogen-bond acceptors (Lipinski definition) is 3. The maximum Gasteiger partial charge on any atom is 0.237 e. The topological polar surface area (TPSA) is 64.3 Å². The third-order valence-corrected chi connectivity index (χ3v) is 2.66. The molecule has 0 bridgehead atoms. The van der Waals surface area contributed by atoms with Crippen LogP contribution in [0.4, 0.5) is 0 Å². The second-order valence-corrected chi connectivity index (χ2v) is 4.81. The highest BCUT2D eigenvalue weighted by molar-refractivity contribution is 5.81. The van der Waals surface area contributed by atoms with Gasteiger partial charge in [-0.15, -0.1) is 0 Å². The standard InChI is InChI=1S/C14H22N2O2/c1-10(2)7-13(15)14(17)16-9-11-5-4-6-12(8-11)18-3/h4-6,8,10,13H,7,9,15H2,1-3H3,(H,16,17)/t13-/m0/s1. The van der Waals surface area contributed by atoms with Crippen molar-refractivity contribution in [1.82, 2.24) is 5.32 Å². The summed E-state index contributed by atoms with van der Waals surface area (Å²) in [6, 6.07) is 7.17. The van der Waals surface area contributed by atoms with Crippen LogP contribution in [0.3, 0.4) is 0 Å². The molecule has 0 aliphatic rings. The van der Waals surface area contributed by atoms with E-state index in [0.717, 1.165) is 11.3 Å². The molecule has 18 heavy (non-hydrogen) atoms. The summed E-state index contributed by atoms with van der Waals surface area (Å²) >= 11 is 0. The zero-order valence-electron chi connectivity index (χ0n) is 11.3. The van der Waals surface area contributed by atoms with Gasteiger partial charge < -0.3 is 15.8 Å². The van der Waals surface area contributed by atoms with Gasteiger partial charge in [-0.3, -0.25) is 4.79 Å². The van der Waals surface area contributed by atoms with Crippen molar-refractivity contribution in [3.05, 3.63) is 29.8 Å². The summed E-state index contributed by atoms with van der Waals surface area (Å²) in [4.78, 5) is 11.7. The number of hydrogen-bond donors (Lipinski definition) is 2. The van der Waals surface area contributed by atoms with E-state index in [9.17, 15) is 4.79 Å². The van der Waals surface area contributed by atoms with Crippen molar-refractivity contribution < 1.29 is 9.53 Å². The fourth-order valence-electron chi connectivity index (χ4n) is 1.72. The number of carbonyl (C=O) groups is 1. The maximum atomic E-state index is 11.7. The third kappa shape index (κ3) is 4.75. The molecular weight excluding hydrogens is 228 g/mol. The van der Waals surface area contributed by atoms with Crippen molar-refractivity contribution in [2.75, 3.05) is 7.11 Å². The average Bonchev–Trinajstić information content (AvgIpc) is 2.35. The van der Waals surface area contributed by atoms with E-state index in [-0.39, 0.29) is 5.91 Å². The molecule has 1 rings (SSSR count). The van der Waals surface area contributed by atoms with Gasteiger partial charge in [0, 0.05) is 6.54 Å². The van der Waals surface area contributed by atoms with Crippen molar-refractivity contribution in [3.8, 4) is 5.75 Å². The summed E-state index contributed by atoms with van der Waals surface area (Å²) in [6.45, 7) is 4.58. The highest BCUT2D eigenvalue weighted by atomic mass is 16.5. The lowest BCUT2D eigenvalue weighted by Gasteiger charge is -2.14. The smallest absolute Gasteiger partial charge is 0.237 e. The van der Waals surface area contributed by atoms with Gasteiger partial charge in [-0.25, -0.2) is 0 Å². The summed E-state index contributed by atoms with van der Waals surface area (Å²) in [5.41, 5.74) is 6.80. The monoisotopic (exact) mass is 250 g/mol. The Kier molecular flexibility index (Phi) is 5.65. The molecule has 0 heterocycles. The lowest BCUT2D eigenvalue weighted by atomic mass is 10.0. The van der Waals surface area contributed by atoms with E-state index >= 15 is 0 Å². The number of nitrogens with one attached hydrogen (secondary N) is 1. The molecule has 0 aliphatic carbocycles. The van der Waals surface area contributed by atoms with Gasteiger partial charge in [-0.05, 0) is 30.0 Å². The minimum absolute atomic E-state index is 0.105. The molecule has 1 atom stereocenters. The Morgan fingerprint density at radius 3 is 2.78 bits per heavy atom. The molecule has 100 valence electrons. The van der Waals surface area contributed by atoms with Gasteiger partial charge in [-0.2, -0.15) is 0 Å². The van der Waals surface area contributed by atoms with Crippen LogP contribution in [0.1, 0.15) is 25.8 Å². The average molecular weight is 250 g/mol. The van der Waals surface area contributed by atoms with Crippen LogP contribution in [-0.2, 0) is 11.3 Å². The molecular formula is C14H22N2O2.